The molecule has 0 bridgehead atoms. The molecule has 0 saturated carbocycles. The van der Waals surface area contributed by atoms with Crippen molar-refractivity contribution >= 4 is 29.3 Å². The van der Waals surface area contributed by atoms with Gasteiger partial charge in [-0.25, -0.2) is 0 Å². The molecule has 0 aliphatic rings. The quantitative estimate of drug-likeness (QED) is 0.671. The topological polar surface area (TPSA) is 69.6 Å². The Bertz CT molecular complexity index is 401. The van der Waals surface area contributed by atoms with Crippen LogP contribution < -0.4 is 5.32 Å². The van der Waals surface area contributed by atoms with Crippen LogP contribution >= 0.6 is 23.4 Å². The number of aromatic hydroxyl groups is 1. The number of nitrogens with one attached hydrogen (secondary N) is 1. The Morgan fingerprint density at radius 2 is 2.17 bits per heavy atom. The fraction of sp³-hybridized carbons (Fsp3) is 0.417. The van der Waals surface area contributed by atoms with Crippen LogP contribution in [0, 0.1) is 0 Å². The molecule has 0 saturated heterocycles. The highest BCUT2D eigenvalue weighted by molar-refractivity contribution is 7.99. The maximum Gasteiger partial charge on any atom is 0.252 e. The summed E-state index contributed by atoms with van der Waals surface area (Å²) in [6.45, 7) is 0.721. The molecular formula is C12H16ClNO3S. The zero-order valence-corrected chi connectivity index (χ0v) is 11.4. The molecule has 1 rings (SSSR count). The summed E-state index contributed by atoms with van der Waals surface area (Å²) >= 11 is 7.53. The number of amides is 1. The number of aliphatic hydroxyl groups excluding tert-OH is 1. The minimum absolute atomic E-state index is 0.0156. The molecule has 3 N–H and O–H groups in total. The summed E-state index contributed by atoms with van der Waals surface area (Å²) in [4.78, 5) is 11.8. The van der Waals surface area contributed by atoms with Crippen LogP contribution in [-0.2, 0) is 0 Å². The van der Waals surface area contributed by atoms with Crippen LogP contribution in [0.4, 0.5) is 0 Å². The Morgan fingerprint density at radius 1 is 1.39 bits per heavy atom. The number of benzene rings is 1. The summed E-state index contributed by atoms with van der Waals surface area (Å²) in [5.74, 6) is 1.38. The van der Waals surface area contributed by atoms with E-state index in [-0.39, 0.29) is 23.8 Å². The van der Waals surface area contributed by atoms with Crippen LogP contribution in [-0.4, -0.2) is 40.8 Å². The average molecular weight is 290 g/mol. The number of aliphatic hydroxyl groups is 1. The Morgan fingerprint density at radius 3 is 2.89 bits per heavy atom. The van der Waals surface area contributed by atoms with Crippen LogP contribution in [0.15, 0.2) is 18.2 Å². The van der Waals surface area contributed by atoms with E-state index in [0.29, 0.717) is 11.6 Å². The number of halogens is 1. The Hall–Kier alpha value is -0.910. The molecule has 0 radical (unpaired) electrons. The third kappa shape index (κ3) is 5.16. The molecule has 4 nitrogen and oxygen atoms in total. The van der Waals surface area contributed by atoms with Crippen molar-refractivity contribution in [1.82, 2.24) is 5.32 Å². The molecular weight excluding hydrogens is 274 g/mol. The number of hydrogen-bond donors (Lipinski definition) is 3. The largest absolute Gasteiger partial charge is 0.508 e. The molecule has 0 heterocycles. The van der Waals surface area contributed by atoms with Crippen molar-refractivity contribution in [2.24, 2.45) is 0 Å². The van der Waals surface area contributed by atoms with Crippen molar-refractivity contribution in [2.45, 2.75) is 6.42 Å². The highest BCUT2D eigenvalue weighted by Crippen LogP contribution is 2.20. The third-order valence-electron chi connectivity index (χ3n) is 2.17. The lowest BCUT2D eigenvalue weighted by molar-refractivity contribution is 0.0956. The smallest absolute Gasteiger partial charge is 0.252 e. The Balaban J connectivity index is 2.34. The third-order valence-corrected chi connectivity index (χ3v) is 3.57. The maximum absolute atomic E-state index is 11.8. The van der Waals surface area contributed by atoms with E-state index in [1.807, 2.05) is 0 Å². The highest BCUT2D eigenvalue weighted by atomic mass is 35.5. The monoisotopic (exact) mass is 289 g/mol. The SMILES string of the molecule is O=C(NCCSCCCO)c1cc(O)ccc1Cl. The molecule has 100 valence electrons. The van der Waals surface area contributed by atoms with Crippen LogP contribution in [0.1, 0.15) is 16.8 Å². The normalized spacial score (nSPS) is 10.3. The molecule has 6 heteroatoms. The van der Waals surface area contributed by atoms with Crippen LogP contribution in [0.2, 0.25) is 5.02 Å². The molecule has 0 fully saturated rings. The lowest BCUT2D eigenvalue weighted by atomic mass is 10.2. The number of phenols is 1. The lowest BCUT2D eigenvalue weighted by Gasteiger charge is -2.07. The first-order valence-electron chi connectivity index (χ1n) is 5.60. The van der Waals surface area contributed by atoms with Gasteiger partial charge in [0.25, 0.3) is 5.91 Å². The van der Waals surface area contributed by atoms with E-state index < -0.39 is 0 Å². The first-order chi connectivity index (χ1) is 8.65. The summed E-state index contributed by atoms with van der Waals surface area (Å²) in [6, 6.07) is 4.27. The number of hydrogen-bond acceptors (Lipinski definition) is 4. The van der Waals surface area contributed by atoms with Gasteiger partial charge in [-0.3, -0.25) is 4.79 Å². The van der Waals surface area contributed by atoms with Crippen molar-refractivity contribution in [3.8, 4) is 5.75 Å². The molecule has 0 atom stereocenters. The maximum atomic E-state index is 11.8. The standard InChI is InChI=1S/C12H16ClNO3S/c13-11-3-2-9(16)8-10(11)12(17)14-4-7-18-6-1-5-15/h2-3,8,15-16H,1,4-7H2,(H,14,17). The van der Waals surface area contributed by atoms with Crippen molar-refractivity contribution < 1.29 is 15.0 Å². The van der Waals surface area contributed by atoms with E-state index >= 15 is 0 Å². The van der Waals surface area contributed by atoms with Gasteiger partial charge in [-0.15, -0.1) is 0 Å². The molecule has 0 unspecified atom stereocenters. The number of phenolic OH excluding ortho intramolecular Hbond substituents is 1. The molecule has 1 aromatic rings. The number of carbonyl (C=O) groups excluding carboxylic acids is 1. The fourth-order valence-electron chi connectivity index (χ4n) is 1.29. The van der Waals surface area contributed by atoms with Crippen LogP contribution in [0.25, 0.3) is 0 Å². The zero-order valence-electron chi connectivity index (χ0n) is 9.86. The van der Waals surface area contributed by atoms with E-state index in [4.69, 9.17) is 16.7 Å². The summed E-state index contributed by atoms with van der Waals surface area (Å²) in [5, 5.41) is 20.9. The summed E-state index contributed by atoms with van der Waals surface area (Å²) in [7, 11) is 0. The second kappa shape index (κ2) is 8.24. The van der Waals surface area contributed by atoms with Gasteiger partial charge in [0.2, 0.25) is 0 Å². The van der Waals surface area contributed by atoms with Crippen molar-refractivity contribution in [2.75, 3.05) is 24.7 Å². The van der Waals surface area contributed by atoms with E-state index in [0.717, 1.165) is 17.9 Å². The Kier molecular flexibility index (Phi) is 6.93. The van der Waals surface area contributed by atoms with Gasteiger partial charge in [0.15, 0.2) is 0 Å². The van der Waals surface area contributed by atoms with Gasteiger partial charge < -0.3 is 15.5 Å². The molecule has 18 heavy (non-hydrogen) atoms. The molecule has 1 aromatic carbocycles. The van der Waals surface area contributed by atoms with Gasteiger partial charge >= 0.3 is 0 Å². The highest BCUT2D eigenvalue weighted by Gasteiger charge is 2.10. The van der Waals surface area contributed by atoms with Crippen LogP contribution in [0.5, 0.6) is 5.75 Å². The van der Waals surface area contributed by atoms with Crippen molar-refractivity contribution in [3.05, 3.63) is 28.8 Å². The molecule has 1 amide bonds. The van der Waals surface area contributed by atoms with Gasteiger partial charge in [-0.2, -0.15) is 11.8 Å². The first kappa shape index (κ1) is 15.1. The summed E-state index contributed by atoms with van der Waals surface area (Å²) in [6.07, 6.45) is 0.761. The fourth-order valence-corrected chi connectivity index (χ4v) is 2.28. The summed E-state index contributed by atoms with van der Waals surface area (Å²) < 4.78 is 0. The molecule has 0 aromatic heterocycles. The summed E-state index contributed by atoms with van der Waals surface area (Å²) in [5.41, 5.74) is 0.275. The average Bonchev–Trinajstić information content (AvgIpc) is 2.36. The van der Waals surface area contributed by atoms with E-state index in [2.05, 4.69) is 5.32 Å². The van der Waals surface area contributed by atoms with Crippen LogP contribution in [0.3, 0.4) is 0 Å². The molecule has 0 aliphatic carbocycles. The lowest BCUT2D eigenvalue weighted by Crippen LogP contribution is -2.26. The minimum Gasteiger partial charge on any atom is -0.508 e. The first-order valence-corrected chi connectivity index (χ1v) is 7.13. The van der Waals surface area contributed by atoms with E-state index in [1.165, 1.54) is 18.2 Å². The van der Waals surface area contributed by atoms with Crippen molar-refractivity contribution in [1.29, 1.82) is 0 Å². The van der Waals surface area contributed by atoms with Crippen molar-refractivity contribution in [3.63, 3.8) is 0 Å². The number of carbonyl (C=O) groups is 1. The van der Waals surface area contributed by atoms with E-state index in [9.17, 15) is 9.90 Å². The van der Waals surface area contributed by atoms with Gasteiger partial charge in [0.05, 0.1) is 10.6 Å². The second-order valence-corrected chi connectivity index (χ2v) is 5.24. The second-order valence-electron chi connectivity index (χ2n) is 3.61. The van der Waals surface area contributed by atoms with Gasteiger partial charge in [0, 0.05) is 18.9 Å². The van der Waals surface area contributed by atoms with Gasteiger partial charge in [-0.05, 0) is 30.4 Å². The molecule has 0 spiro atoms. The Labute approximate surface area is 115 Å². The predicted molar refractivity (Wildman–Crippen MR) is 74.5 cm³/mol. The van der Waals surface area contributed by atoms with Gasteiger partial charge in [-0.1, -0.05) is 11.6 Å². The number of rotatable bonds is 7. The van der Waals surface area contributed by atoms with Gasteiger partial charge in [0.1, 0.15) is 5.75 Å². The minimum atomic E-state index is -0.293. The molecule has 0 aliphatic heterocycles. The number of thioether (sulfide) groups is 1. The zero-order chi connectivity index (χ0) is 13.4. The van der Waals surface area contributed by atoms with E-state index in [1.54, 1.807) is 11.8 Å². The predicted octanol–water partition coefficient (Wildman–Crippen LogP) is 1.89.